The molecule has 1 amide bonds. The van der Waals surface area contributed by atoms with E-state index in [4.69, 9.17) is 33.2 Å². The second kappa shape index (κ2) is 15.1. The summed E-state index contributed by atoms with van der Waals surface area (Å²) in [7, 11) is 7.12. The highest BCUT2D eigenvalue weighted by Crippen LogP contribution is 2.45. The Morgan fingerprint density at radius 3 is 1.98 bits per heavy atom. The number of ether oxygens (including phenoxy) is 7. The first kappa shape index (κ1) is 36.1. The molecule has 5 aromatic rings. The molecule has 0 aliphatic carbocycles. The van der Waals surface area contributed by atoms with E-state index in [2.05, 4.69) is 10.3 Å². The first-order valence-corrected chi connectivity index (χ1v) is 15.8. The van der Waals surface area contributed by atoms with Gasteiger partial charge < -0.3 is 33.2 Å². The van der Waals surface area contributed by atoms with E-state index in [1.165, 1.54) is 40.1 Å². The minimum absolute atomic E-state index is 0.0991. The molecule has 0 radical (unpaired) electrons. The van der Waals surface area contributed by atoms with Gasteiger partial charge >= 0.3 is 12.1 Å². The largest absolute Gasteiger partial charge is 0.493 e. The van der Waals surface area contributed by atoms with Gasteiger partial charge in [0.2, 0.25) is 5.75 Å². The lowest BCUT2D eigenvalue weighted by Crippen LogP contribution is -2.27. The van der Waals surface area contributed by atoms with Crippen molar-refractivity contribution in [2.45, 2.75) is 33.0 Å². The molecular formula is C38H39N3O10. The van der Waals surface area contributed by atoms with E-state index in [9.17, 15) is 14.4 Å². The molecule has 0 aliphatic heterocycles. The molecule has 3 aromatic carbocycles. The Labute approximate surface area is 294 Å². The number of carbonyl (C=O) groups is 2. The number of hydrogen-bond donors (Lipinski definition) is 1. The normalized spacial score (nSPS) is 11.1. The van der Waals surface area contributed by atoms with Gasteiger partial charge in [0.25, 0.3) is 5.56 Å². The van der Waals surface area contributed by atoms with E-state index in [0.717, 1.165) is 0 Å². The van der Waals surface area contributed by atoms with E-state index in [0.29, 0.717) is 56.6 Å². The summed E-state index contributed by atoms with van der Waals surface area (Å²) in [4.78, 5) is 45.2. The first-order valence-electron chi connectivity index (χ1n) is 15.8. The van der Waals surface area contributed by atoms with Gasteiger partial charge in [-0.15, -0.1) is 0 Å². The summed E-state index contributed by atoms with van der Waals surface area (Å²) in [6.45, 7) is 5.37. The topological polar surface area (TPSA) is 146 Å². The fraction of sp³-hybridized carbons (Fsp3) is 0.263. The molecule has 13 nitrogen and oxygen atoms in total. The fourth-order valence-corrected chi connectivity index (χ4v) is 5.48. The SMILES string of the molecule is COC(=O)c1c(-c2cc(OC)c(OC)c(OC)c2)c2cc(OCc3ccccn3)c(OC)cc2c(=O)n1-c1ccc(NC(=O)OC(C)(C)C)cc1. The van der Waals surface area contributed by atoms with Gasteiger partial charge in [-0.1, -0.05) is 6.07 Å². The molecule has 0 fully saturated rings. The van der Waals surface area contributed by atoms with Gasteiger partial charge in [0, 0.05) is 28.5 Å². The number of anilines is 1. The van der Waals surface area contributed by atoms with Crippen molar-refractivity contribution in [3.8, 4) is 45.6 Å². The van der Waals surface area contributed by atoms with Crippen LogP contribution in [0.3, 0.4) is 0 Å². The Morgan fingerprint density at radius 2 is 1.43 bits per heavy atom. The highest BCUT2D eigenvalue weighted by Gasteiger charge is 2.28. The lowest BCUT2D eigenvalue weighted by molar-refractivity contribution is 0.0589. The highest BCUT2D eigenvalue weighted by atomic mass is 16.6. The van der Waals surface area contributed by atoms with E-state index in [-0.39, 0.29) is 23.4 Å². The summed E-state index contributed by atoms with van der Waals surface area (Å²) in [5.41, 5.74) is 0.764. The van der Waals surface area contributed by atoms with Crippen LogP contribution in [0, 0.1) is 0 Å². The van der Waals surface area contributed by atoms with Crippen molar-refractivity contribution in [1.82, 2.24) is 9.55 Å². The van der Waals surface area contributed by atoms with E-state index in [1.54, 1.807) is 81.6 Å². The number of nitrogens with zero attached hydrogens (tertiary/aromatic N) is 2. The summed E-state index contributed by atoms with van der Waals surface area (Å²) in [6, 6.07) is 18.4. The van der Waals surface area contributed by atoms with Crippen LogP contribution >= 0.6 is 0 Å². The van der Waals surface area contributed by atoms with Crippen molar-refractivity contribution in [2.24, 2.45) is 0 Å². The Kier molecular flexibility index (Phi) is 10.7. The maximum absolute atomic E-state index is 14.6. The number of methoxy groups -OCH3 is 5. The van der Waals surface area contributed by atoms with Crippen LogP contribution < -0.4 is 34.6 Å². The van der Waals surface area contributed by atoms with Crippen LogP contribution in [-0.4, -0.2) is 62.8 Å². The van der Waals surface area contributed by atoms with Crippen molar-refractivity contribution in [2.75, 3.05) is 40.9 Å². The van der Waals surface area contributed by atoms with Crippen molar-refractivity contribution in [3.63, 3.8) is 0 Å². The van der Waals surface area contributed by atoms with Crippen LogP contribution in [0.4, 0.5) is 10.5 Å². The average molecular weight is 698 g/mol. The van der Waals surface area contributed by atoms with Crippen molar-refractivity contribution < 1.29 is 42.7 Å². The van der Waals surface area contributed by atoms with Crippen molar-refractivity contribution in [1.29, 1.82) is 0 Å². The van der Waals surface area contributed by atoms with E-state index in [1.807, 2.05) is 12.1 Å². The Morgan fingerprint density at radius 1 is 0.784 bits per heavy atom. The molecule has 0 spiro atoms. The van der Waals surface area contributed by atoms with Gasteiger partial charge in [-0.3, -0.25) is 19.7 Å². The van der Waals surface area contributed by atoms with Crippen LogP contribution in [-0.2, 0) is 16.1 Å². The van der Waals surface area contributed by atoms with Gasteiger partial charge in [-0.05, 0) is 87.0 Å². The third kappa shape index (κ3) is 7.67. The summed E-state index contributed by atoms with van der Waals surface area (Å²) in [6.07, 6.45) is 1.01. The van der Waals surface area contributed by atoms with E-state index >= 15 is 0 Å². The third-order valence-corrected chi connectivity index (χ3v) is 7.67. The number of carbonyl (C=O) groups excluding carboxylic acids is 2. The third-order valence-electron chi connectivity index (χ3n) is 7.67. The zero-order valence-corrected chi connectivity index (χ0v) is 29.6. The second-order valence-corrected chi connectivity index (χ2v) is 12.1. The molecular weight excluding hydrogens is 658 g/mol. The molecule has 0 aliphatic rings. The smallest absolute Gasteiger partial charge is 0.412 e. The lowest BCUT2D eigenvalue weighted by atomic mass is 9.95. The van der Waals surface area contributed by atoms with Crippen molar-refractivity contribution >= 4 is 28.5 Å². The van der Waals surface area contributed by atoms with Crippen LogP contribution in [0.15, 0.2) is 77.7 Å². The molecule has 0 bridgehead atoms. The second-order valence-electron chi connectivity index (χ2n) is 12.1. The summed E-state index contributed by atoms with van der Waals surface area (Å²) in [5.74, 6) is 0.726. The average Bonchev–Trinajstić information content (AvgIpc) is 3.12. The number of nitrogens with one attached hydrogen (secondary N) is 1. The maximum atomic E-state index is 14.6. The number of fused-ring (bicyclic) bond motifs is 1. The predicted molar refractivity (Wildman–Crippen MR) is 191 cm³/mol. The monoisotopic (exact) mass is 697 g/mol. The maximum Gasteiger partial charge on any atom is 0.412 e. The van der Waals surface area contributed by atoms with Gasteiger partial charge in [0.1, 0.15) is 17.9 Å². The van der Waals surface area contributed by atoms with Gasteiger partial charge in [-0.2, -0.15) is 0 Å². The lowest BCUT2D eigenvalue weighted by Gasteiger charge is -2.22. The number of amides is 1. The molecule has 2 heterocycles. The van der Waals surface area contributed by atoms with Gasteiger partial charge in [0.05, 0.1) is 46.6 Å². The quantitative estimate of drug-likeness (QED) is 0.145. The molecule has 1 N–H and O–H groups in total. The van der Waals surface area contributed by atoms with Gasteiger partial charge in [-0.25, -0.2) is 9.59 Å². The Bertz CT molecular complexity index is 2100. The number of aromatic nitrogens is 2. The number of rotatable bonds is 11. The molecule has 0 saturated heterocycles. The van der Waals surface area contributed by atoms with Crippen LogP contribution in [0.2, 0.25) is 0 Å². The van der Waals surface area contributed by atoms with Crippen molar-refractivity contribution in [3.05, 3.63) is 94.7 Å². The van der Waals surface area contributed by atoms with Crippen LogP contribution in [0.25, 0.3) is 27.6 Å². The molecule has 0 saturated carbocycles. The molecule has 266 valence electrons. The Hall–Kier alpha value is -6.24. The zero-order valence-electron chi connectivity index (χ0n) is 29.6. The zero-order chi connectivity index (χ0) is 36.9. The van der Waals surface area contributed by atoms with E-state index < -0.39 is 23.2 Å². The summed E-state index contributed by atoms with van der Waals surface area (Å²) < 4.78 is 40.6. The van der Waals surface area contributed by atoms with Crippen LogP contribution in [0.5, 0.6) is 28.7 Å². The number of benzene rings is 3. The first-order chi connectivity index (χ1) is 24.4. The van der Waals surface area contributed by atoms with Crippen LogP contribution in [0.1, 0.15) is 37.0 Å². The molecule has 2 aromatic heterocycles. The van der Waals surface area contributed by atoms with Gasteiger partial charge in [0.15, 0.2) is 23.0 Å². The molecule has 0 atom stereocenters. The Balaban J connectivity index is 1.82. The number of esters is 1. The number of hydrogen-bond acceptors (Lipinski definition) is 11. The minimum Gasteiger partial charge on any atom is -0.493 e. The number of pyridine rings is 2. The summed E-state index contributed by atoms with van der Waals surface area (Å²) >= 11 is 0. The highest BCUT2D eigenvalue weighted by molar-refractivity contribution is 6.08. The molecule has 51 heavy (non-hydrogen) atoms. The molecule has 13 heteroatoms. The predicted octanol–water partition coefficient (Wildman–Crippen LogP) is 6.80. The fourth-order valence-electron chi connectivity index (χ4n) is 5.48. The standard InChI is InChI=1S/C38H39N3O10/c1-38(2,3)51-37(44)40-23-12-14-25(15-13-23)41-33(36(43)49-8)32(22-17-30(46-5)34(48-7)31(18-22)47-6)26-19-29(28(45-4)20-27(26)35(41)42)50-21-24-11-9-10-16-39-24/h9-20H,21H2,1-8H3,(H,40,44). The molecule has 0 unspecified atom stereocenters. The molecule has 5 rings (SSSR count). The summed E-state index contributed by atoms with van der Waals surface area (Å²) in [5, 5.41) is 3.22. The minimum atomic E-state index is -0.805.